The van der Waals surface area contributed by atoms with Crippen LogP contribution in [0.4, 0.5) is 8.78 Å². The fraction of sp³-hybridized carbons (Fsp3) is 0.400. The van der Waals surface area contributed by atoms with Gasteiger partial charge in [-0.3, -0.25) is 4.79 Å². The zero-order valence-electron chi connectivity index (χ0n) is 8.84. The highest BCUT2D eigenvalue weighted by atomic mass is 127. The summed E-state index contributed by atoms with van der Waals surface area (Å²) in [6.45, 7) is 1.98. The van der Waals surface area contributed by atoms with Gasteiger partial charge >= 0.3 is 5.97 Å². The molecule has 0 aliphatic heterocycles. The second kappa shape index (κ2) is 6.76. The predicted molar refractivity (Wildman–Crippen MR) is 75.0 cm³/mol. The lowest BCUT2D eigenvalue weighted by Gasteiger charge is -2.08. The van der Waals surface area contributed by atoms with Gasteiger partial charge < -0.3 is 4.74 Å². The standard InChI is InChI=1S/C10H9F2I2NO2/c1-2-17-7(16)4-5-3-6(9(11)12)15-10(14)8(5)13/h3,9H,2,4H2,1H3. The van der Waals surface area contributed by atoms with Gasteiger partial charge in [0.1, 0.15) is 9.39 Å². The molecule has 94 valence electrons. The minimum absolute atomic E-state index is 0.00957. The molecule has 0 aromatic carbocycles. The molecular weight excluding hydrogens is 458 g/mol. The number of pyridine rings is 1. The largest absolute Gasteiger partial charge is 0.466 e. The van der Waals surface area contributed by atoms with Crippen molar-refractivity contribution >= 4 is 51.2 Å². The van der Waals surface area contributed by atoms with E-state index in [0.29, 0.717) is 12.8 Å². The van der Waals surface area contributed by atoms with Crippen LogP contribution in [-0.2, 0) is 16.0 Å². The third-order valence-corrected chi connectivity index (χ3v) is 4.89. The number of esters is 1. The maximum Gasteiger partial charge on any atom is 0.310 e. The van der Waals surface area contributed by atoms with Gasteiger partial charge in [0, 0.05) is 3.57 Å². The van der Waals surface area contributed by atoms with E-state index in [1.165, 1.54) is 6.07 Å². The highest BCUT2D eigenvalue weighted by molar-refractivity contribution is 14.1. The second-order valence-electron chi connectivity index (χ2n) is 3.09. The first-order valence-corrected chi connectivity index (χ1v) is 6.90. The fourth-order valence-corrected chi connectivity index (χ4v) is 2.27. The van der Waals surface area contributed by atoms with E-state index in [-0.39, 0.29) is 18.7 Å². The van der Waals surface area contributed by atoms with E-state index in [1.807, 2.05) is 45.2 Å². The topological polar surface area (TPSA) is 39.2 Å². The number of ether oxygens (including phenoxy) is 1. The third kappa shape index (κ3) is 4.27. The smallest absolute Gasteiger partial charge is 0.310 e. The zero-order valence-corrected chi connectivity index (χ0v) is 13.2. The van der Waals surface area contributed by atoms with E-state index in [2.05, 4.69) is 4.98 Å². The number of nitrogens with zero attached hydrogens (tertiary/aromatic N) is 1. The van der Waals surface area contributed by atoms with Crippen molar-refractivity contribution in [2.45, 2.75) is 19.8 Å². The van der Waals surface area contributed by atoms with Crippen molar-refractivity contribution in [2.24, 2.45) is 0 Å². The quantitative estimate of drug-likeness (QED) is 0.388. The Morgan fingerprint density at radius 1 is 1.53 bits per heavy atom. The maximum absolute atomic E-state index is 12.6. The van der Waals surface area contributed by atoms with Crippen molar-refractivity contribution in [3.05, 3.63) is 24.6 Å². The minimum atomic E-state index is -2.64. The van der Waals surface area contributed by atoms with Crippen LogP contribution in [0.1, 0.15) is 24.6 Å². The average Bonchev–Trinajstić information content (AvgIpc) is 2.24. The molecule has 1 rings (SSSR count). The van der Waals surface area contributed by atoms with Crippen molar-refractivity contribution in [3.8, 4) is 0 Å². The lowest BCUT2D eigenvalue weighted by atomic mass is 10.1. The molecule has 1 heterocycles. The van der Waals surface area contributed by atoms with Crippen molar-refractivity contribution < 1.29 is 18.3 Å². The maximum atomic E-state index is 12.6. The lowest BCUT2D eigenvalue weighted by Crippen LogP contribution is -2.10. The summed E-state index contributed by atoms with van der Waals surface area (Å²) in [5.74, 6) is -0.423. The van der Waals surface area contributed by atoms with Gasteiger partial charge in [0.2, 0.25) is 0 Å². The van der Waals surface area contributed by atoms with E-state index in [4.69, 9.17) is 4.74 Å². The normalized spacial score (nSPS) is 10.7. The van der Waals surface area contributed by atoms with Crippen LogP contribution in [-0.4, -0.2) is 17.6 Å². The van der Waals surface area contributed by atoms with Gasteiger partial charge in [-0.1, -0.05) is 0 Å². The van der Waals surface area contributed by atoms with Crippen molar-refractivity contribution in [1.82, 2.24) is 4.98 Å². The van der Waals surface area contributed by atoms with Gasteiger partial charge in [0.15, 0.2) is 0 Å². The van der Waals surface area contributed by atoms with Gasteiger partial charge in [0.05, 0.1) is 13.0 Å². The molecule has 0 aliphatic rings. The molecule has 3 nitrogen and oxygen atoms in total. The summed E-state index contributed by atoms with van der Waals surface area (Å²) in [5, 5.41) is 0. The molecule has 0 spiro atoms. The molecule has 1 aromatic heterocycles. The molecule has 0 bridgehead atoms. The summed E-state index contributed by atoms with van der Waals surface area (Å²) < 4.78 is 31.1. The molecule has 0 N–H and O–H groups in total. The summed E-state index contributed by atoms with van der Waals surface area (Å²) >= 11 is 3.86. The zero-order chi connectivity index (χ0) is 13.0. The summed E-state index contributed by atoms with van der Waals surface area (Å²) in [6.07, 6.45) is -2.65. The molecule has 0 saturated carbocycles. The monoisotopic (exact) mass is 467 g/mol. The van der Waals surface area contributed by atoms with E-state index in [0.717, 1.165) is 0 Å². The Hall–Kier alpha value is -0.0600. The van der Waals surface area contributed by atoms with E-state index in [9.17, 15) is 13.6 Å². The van der Waals surface area contributed by atoms with Crippen molar-refractivity contribution in [2.75, 3.05) is 6.61 Å². The predicted octanol–water partition coefficient (Wildman–Crippen LogP) is 3.33. The van der Waals surface area contributed by atoms with Crippen molar-refractivity contribution in [3.63, 3.8) is 0 Å². The Labute approximate surface area is 125 Å². The molecule has 1 aromatic rings. The van der Waals surface area contributed by atoms with Gasteiger partial charge in [0.25, 0.3) is 6.43 Å². The Morgan fingerprint density at radius 2 is 2.18 bits per heavy atom. The van der Waals surface area contributed by atoms with Gasteiger partial charge in [-0.15, -0.1) is 0 Å². The number of alkyl halides is 2. The second-order valence-corrected chi connectivity index (χ2v) is 5.19. The summed E-state index contributed by atoms with van der Waals surface area (Å²) in [5.41, 5.74) is 0.216. The van der Waals surface area contributed by atoms with Crippen LogP contribution in [0.25, 0.3) is 0 Å². The highest BCUT2D eigenvalue weighted by Gasteiger charge is 2.17. The fourth-order valence-electron chi connectivity index (χ4n) is 1.18. The van der Waals surface area contributed by atoms with Gasteiger partial charge in [-0.2, -0.15) is 0 Å². The summed E-state index contributed by atoms with van der Waals surface area (Å²) in [7, 11) is 0. The molecule has 0 atom stereocenters. The first-order chi connectivity index (χ1) is 7.95. The SMILES string of the molecule is CCOC(=O)Cc1cc(C(F)F)nc(I)c1I. The molecule has 0 unspecified atom stereocenters. The molecule has 0 amide bonds. The van der Waals surface area contributed by atoms with Crippen LogP contribution in [0.2, 0.25) is 0 Å². The number of rotatable bonds is 4. The van der Waals surface area contributed by atoms with Crippen LogP contribution < -0.4 is 0 Å². The Balaban J connectivity index is 3.01. The van der Waals surface area contributed by atoms with E-state index >= 15 is 0 Å². The first kappa shape index (κ1) is 15.0. The number of carbonyl (C=O) groups excluding carboxylic acids is 1. The number of hydrogen-bond acceptors (Lipinski definition) is 3. The van der Waals surface area contributed by atoms with Crippen LogP contribution in [0.15, 0.2) is 6.07 Å². The highest BCUT2D eigenvalue weighted by Crippen LogP contribution is 2.24. The summed E-state index contributed by atoms with van der Waals surface area (Å²) in [4.78, 5) is 15.1. The first-order valence-electron chi connectivity index (χ1n) is 4.74. The number of aromatic nitrogens is 1. The lowest BCUT2D eigenvalue weighted by molar-refractivity contribution is -0.142. The summed E-state index contributed by atoms with van der Waals surface area (Å²) in [6, 6.07) is 1.26. The van der Waals surface area contributed by atoms with Crippen LogP contribution in [0.5, 0.6) is 0 Å². The Kier molecular flexibility index (Phi) is 5.97. The molecule has 0 radical (unpaired) electrons. The molecular formula is C10H9F2I2NO2. The van der Waals surface area contributed by atoms with Crippen LogP contribution in [0, 0.1) is 7.27 Å². The number of carbonyl (C=O) groups is 1. The number of halogens is 4. The van der Waals surface area contributed by atoms with E-state index < -0.39 is 12.4 Å². The number of hydrogen-bond donors (Lipinski definition) is 0. The molecule has 7 heteroatoms. The van der Waals surface area contributed by atoms with E-state index in [1.54, 1.807) is 6.92 Å². The molecule has 0 saturated heterocycles. The van der Waals surface area contributed by atoms with Crippen molar-refractivity contribution in [1.29, 1.82) is 0 Å². The molecule has 0 fully saturated rings. The van der Waals surface area contributed by atoms with Gasteiger partial charge in [-0.05, 0) is 63.7 Å². The average molecular weight is 467 g/mol. The molecule has 0 aliphatic carbocycles. The minimum Gasteiger partial charge on any atom is -0.466 e. The van der Waals surface area contributed by atoms with Crippen LogP contribution in [0.3, 0.4) is 0 Å². The molecule has 17 heavy (non-hydrogen) atoms. The van der Waals surface area contributed by atoms with Crippen LogP contribution >= 0.6 is 45.2 Å². The Bertz CT molecular complexity index is 427. The van der Waals surface area contributed by atoms with Gasteiger partial charge in [-0.25, -0.2) is 13.8 Å². The Morgan fingerprint density at radius 3 is 2.71 bits per heavy atom. The third-order valence-electron chi connectivity index (χ3n) is 1.88.